The van der Waals surface area contributed by atoms with Crippen molar-refractivity contribution in [1.29, 1.82) is 0 Å². The lowest BCUT2D eigenvalue weighted by molar-refractivity contribution is -0.149. The highest BCUT2D eigenvalue weighted by Gasteiger charge is 2.46. The number of hydrogen-bond donors (Lipinski definition) is 0. The number of ether oxygens (including phenoxy) is 2. The van der Waals surface area contributed by atoms with Crippen LogP contribution in [0.25, 0.3) is 0 Å². The molecule has 62 valence electrons. The van der Waals surface area contributed by atoms with Gasteiger partial charge in [-0.1, -0.05) is 0 Å². The fourth-order valence-electron chi connectivity index (χ4n) is 0.899. The summed E-state index contributed by atoms with van der Waals surface area (Å²) in [6.07, 6.45) is 2.16. The average Bonchev–Trinajstić information content (AvgIpc) is 2.79. The van der Waals surface area contributed by atoms with E-state index in [1.54, 1.807) is 0 Å². The van der Waals surface area contributed by atoms with Crippen molar-refractivity contribution in [3.8, 4) is 0 Å². The summed E-state index contributed by atoms with van der Waals surface area (Å²) in [5.74, 6) is -0.0481. The fraction of sp³-hybridized carbons (Fsp3) is 0.875. The van der Waals surface area contributed by atoms with Crippen LogP contribution in [-0.2, 0) is 14.3 Å². The number of carbonyl (C=O) groups excluding carboxylic acids is 1. The van der Waals surface area contributed by atoms with E-state index in [1.165, 1.54) is 0 Å². The Balaban J connectivity index is 1.72. The number of hydrogen-bond acceptors (Lipinski definition) is 3. The highest BCUT2D eigenvalue weighted by molar-refractivity contribution is 5.79. The van der Waals surface area contributed by atoms with Crippen molar-refractivity contribution in [3.63, 3.8) is 0 Å². The second-order valence-corrected chi connectivity index (χ2v) is 3.61. The van der Waals surface area contributed by atoms with Crippen LogP contribution >= 0.6 is 0 Å². The zero-order chi connectivity index (χ0) is 7.90. The molecular weight excluding hydrogens is 144 g/mol. The quantitative estimate of drug-likeness (QED) is 0.446. The van der Waals surface area contributed by atoms with Gasteiger partial charge in [-0.25, -0.2) is 0 Å². The summed E-state index contributed by atoms with van der Waals surface area (Å²) in [7, 11) is 0. The van der Waals surface area contributed by atoms with Gasteiger partial charge < -0.3 is 9.47 Å². The van der Waals surface area contributed by atoms with Gasteiger partial charge in [-0.05, 0) is 19.8 Å². The van der Waals surface area contributed by atoms with Gasteiger partial charge in [0.2, 0.25) is 0 Å². The zero-order valence-corrected chi connectivity index (χ0v) is 6.63. The van der Waals surface area contributed by atoms with Crippen molar-refractivity contribution in [3.05, 3.63) is 0 Å². The van der Waals surface area contributed by atoms with E-state index in [9.17, 15) is 4.79 Å². The van der Waals surface area contributed by atoms with Crippen LogP contribution in [0, 0.1) is 5.41 Å². The molecule has 1 aliphatic carbocycles. The maximum Gasteiger partial charge on any atom is 0.311 e. The Morgan fingerprint density at radius 3 is 2.82 bits per heavy atom. The van der Waals surface area contributed by atoms with Crippen molar-refractivity contribution in [2.45, 2.75) is 25.9 Å². The maximum absolute atomic E-state index is 11.2. The monoisotopic (exact) mass is 156 g/mol. The van der Waals surface area contributed by atoms with Crippen LogP contribution in [0.4, 0.5) is 0 Å². The topological polar surface area (TPSA) is 38.8 Å². The first-order valence-corrected chi connectivity index (χ1v) is 3.99. The molecular formula is C8H12O3. The molecule has 1 saturated heterocycles. The lowest BCUT2D eigenvalue weighted by Crippen LogP contribution is -2.18. The summed E-state index contributed by atoms with van der Waals surface area (Å²) in [6, 6.07) is 0. The third kappa shape index (κ3) is 1.53. The molecule has 0 aromatic heterocycles. The second-order valence-electron chi connectivity index (χ2n) is 3.61. The Labute approximate surface area is 65.7 Å². The summed E-state index contributed by atoms with van der Waals surface area (Å²) >= 11 is 0. The molecule has 1 heterocycles. The normalized spacial score (nSPS) is 31.2. The molecule has 0 amide bonds. The largest absolute Gasteiger partial charge is 0.462 e. The van der Waals surface area contributed by atoms with Crippen LogP contribution in [0.15, 0.2) is 0 Å². The minimum Gasteiger partial charge on any atom is -0.462 e. The maximum atomic E-state index is 11.2. The van der Waals surface area contributed by atoms with Crippen molar-refractivity contribution in [2.75, 3.05) is 13.2 Å². The first-order chi connectivity index (χ1) is 5.21. The predicted octanol–water partition coefficient (Wildman–Crippen LogP) is 0.728. The molecule has 1 unspecified atom stereocenters. The summed E-state index contributed by atoms with van der Waals surface area (Å²) in [5.41, 5.74) is -0.144. The highest BCUT2D eigenvalue weighted by atomic mass is 16.6. The minimum atomic E-state index is -0.144. The van der Waals surface area contributed by atoms with Crippen LogP contribution in [0.3, 0.4) is 0 Å². The third-order valence-electron chi connectivity index (χ3n) is 2.30. The Morgan fingerprint density at radius 1 is 1.73 bits per heavy atom. The van der Waals surface area contributed by atoms with Crippen molar-refractivity contribution >= 4 is 5.97 Å². The van der Waals surface area contributed by atoms with Gasteiger partial charge in [0.05, 0.1) is 12.0 Å². The van der Waals surface area contributed by atoms with Crippen molar-refractivity contribution < 1.29 is 14.3 Å². The molecule has 3 heteroatoms. The van der Waals surface area contributed by atoms with Crippen molar-refractivity contribution in [2.24, 2.45) is 5.41 Å². The first kappa shape index (κ1) is 7.10. The van der Waals surface area contributed by atoms with Crippen LogP contribution in [-0.4, -0.2) is 25.3 Å². The molecule has 0 N–H and O–H groups in total. The summed E-state index contributed by atoms with van der Waals surface area (Å²) in [4.78, 5) is 11.2. The standard InChI is InChI=1S/C8H12O3/c1-8(2-3-8)7(9)11-5-6-4-10-6/h6H,2-5H2,1H3. The fourth-order valence-corrected chi connectivity index (χ4v) is 0.899. The van der Waals surface area contributed by atoms with Crippen molar-refractivity contribution in [1.82, 2.24) is 0 Å². The van der Waals surface area contributed by atoms with E-state index in [4.69, 9.17) is 9.47 Å². The Kier molecular flexibility index (Phi) is 1.42. The Morgan fingerprint density at radius 2 is 2.36 bits per heavy atom. The van der Waals surface area contributed by atoms with E-state index in [1.807, 2.05) is 6.92 Å². The Hall–Kier alpha value is -0.570. The first-order valence-electron chi connectivity index (χ1n) is 3.99. The second kappa shape index (κ2) is 2.21. The molecule has 0 bridgehead atoms. The van der Waals surface area contributed by atoms with E-state index in [-0.39, 0.29) is 17.5 Å². The SMILES string of the molecule is CC1(C(=O)OCC2CO2)CC1. The van der Waals surface area contributed by atoms with E-state index in [0.29, 0.717) is 6.61 Å². The molecule has 1 atom stereocenters. The van der Waals surface area contributed by atoms with Gasteiger partial charge in [0, 0.05) is 0 Å². The number of carbonyl (C=O) groups is 1. The molecule has 2 aliphatic rings. The van der Waals surface area contributed by atoms with Crippen LogP contribution in [0.1, 0.15) is 19.8 Å². The summed E-state index contributed by atoms with van der Waals surface area (Å²) < 4.78 is 9.94. The van der Waals surface area contributed by atoms with Gasteiger partial charge in [0.25, 0.3) is 0 Å². The summed E-state index contributed by atoms with van der Waals surface area (Å²) in [5, 5.41) is 0. The van der Waals surface area contributed by atoms with Gasteiger partial charge >= 0.3 is 5.97 Å². The Bertz CT molecular complexity index is 180. The van der Waals surface area contributed by atoms with Crippen LogP contribution in [0.2, 0.25) is 0 Å². The van der Waals surface area contributed by atoms with Gasteiger partial charge in [0.1, 0.15) is 12.7 Å². The smallest absolute Gasteiger partial charge is 0.311 e. The molecule has 0 spiro atoms. The third-order valence-corrected chi connectivity index (χ3v) is 2.30. The molecule has 0 aromatic rings. The van der Waals surface area contributed by atoms with Gasteiger partial charge in [-0.3, -0.25) is 4.79 Å². The van der Waals surface area contributed by atoms with E-state index in [2.05, 4.69) is 0 Å². The lowest BCUT2D eigenvalue weighted by atomic mass is 10.1. The lowest BCUT2D eigenvalue weighted by Gasteiger charge is -2.06. The predicted molar refractivity (Wildman–Crippen MR) is 38.0 cm³/mol. The van der Waals surface area contributed by atoms with Gasteiger partial charge in [0.15, 0.2) is 0 Å². The number of esters is 1. The minimum absolute atomic E-state index is 0.0481. The molecule has 3 nitrogen and oxygen atoms in total. The van der Waals surface area contributed by atoms with Crippen LogP contribution < -0.4 is 0 Å². The molecule has 1 aliphatic heterocycles. The molecule has 0 aromatic carbocycles. The molecule has 2 fully saturated rings. The highest BCUT2D eigenvalue weighted by Crippen LogP contribution is 2.46. The molecule has 11 heavy (non-hydrogen) atoms. The molecule has 1 saturated carbocycles. The molecule has 2 rings (SSSR count). The van der Waals surface area contributed by atoms with Gasteiger partial charge in [-0.2, -0.15) is 0 Å². The van der Waals surface area contributed by atoms with Crippen LogP contribution in [0.5, 0.6) is 0 Å². The average molecular weight is 156 g/mol. The summed E-state index contributed by atoms with van der Waals surface area (Å²) in [6.45, 7) is 3.15. The van der Waals surface area contributed by atoms with Gasteiger partial charge in [-0.15, -0.1) is 0 Å². The van der Waals surface area contributed by atoms with E-state index < -0.39 is 0 Å². The van der Waals surface area contributed by atoms with E-state index >= 15 is 0 Å². The molecule has 0 radical (unpaired) electrons. The number of rotatable bonds is 3. The zero-order valence-electron chi connectivity index (χ0n) is 6.63. The van der Waals surface area contributed by atoms with E-state index in [0.717, 1.165) is 19.4 Å². The number of epoxide rings is 1.